The average Bonchev–Trinajstić information content (AvgIpc) is 3.19. The second-order valence-electron chi connectivity index (χ2n) is 6.03. The zero-order valence-electron chi connectivity index (χ0n) is 14.1. The van der Waals surface area contributed by atoms with E-state index in [1.54, 1.807) is 30.3 Å². The van der Waals surface area contributed by atoms with Crippen molar-refractivity contribution in [3.8, 4) is 0 Å². The number of hydrogen-bond donors (Lipinski definition) is 1. The Kier molecular flexibility index (Phi) is 4.97. The number of hydrogen-bond acceptors (Lipinski definition) is 4. The summed E-state index contributed by atoms with van der Waals surface area (Å²) in [6, 6.07) is 8.79. The second kappa shape index (κ2) is 7.34. The Morgan fingerprint density at radius 2 is 1.80 bits per heavy atom. The molecule has 0 radical (unpaired) electrons. The smallest absolute Gasteiger partial charge is 0.259 e. The Labute approximate surface area is 145 Å². The zero-order valence-corrected chi connectivity index (χ0v) is 14.1. The topological polar surface area (TPSA) is 79.6 Å². The number of carbonyl (C=O) groups is 3. The molecule has 6 heteroatoms. The molecule has 0 bridgehead atoms. The molecule has 2 aromatic rings. The van der Waals surface area contributed by atoms with E-state index in [1.165, 1.54) is 11.2 Å². The van der Waals surface area contributed by atoms with Gasteiger partial charge in [0.05, 0.1) is 18.4 Å². The Morgan fingerprint density at radius 3 is 2.44 bits per heavy atom. The van der Waals surface area contributed by atoms with Gasteiger partial charge in [0.2, 0.25) is 11.8 Å². The molecule has 3 amide bonds. The van der Waals surface area contributed by atoms with Crippen molar-refractivity contribution in [3.05, 3.63) is 53.5 Å². The van der Waals surface area contributed by atoms with Crippen LogP contribution in [0.3, 0.4) is 0 Å². The van der Waals surface area contributed by atoms with Gasteiger partial charge in [0.15, 0.2) is 0 Å². The monoisotopic (exact) mass is 340 g/mol. The van der Waals surface area contributed by atoms with Crippen LogP contribution < -0.4 is 5.32 Å². The highest BCUT2D eigenvalue weighted by Gasteiger charge is 2.28. The molecule has 0 spiro atoms. The lowest BCUT2D eigenvalue weighted by Gasteiger charge is -2.14. The Bertz CT molecular complexity index is 776. The highest BCUT2D eigenvalue weighted by Crippen LogP contribution is 2.19. The van der Waals surface area contributed by atoms with E-state index in [0.717, 1.165) is 12.0 Å². The molecule has 1 N–H and O–H groups in total. The van der Waals surface area contributed by atoms with Gasteiger partial charge in [-0.25, -0.2) is 0 Å². The minimum absolute atomic E-state index is 0.134. The maximum atomic E-state index is 12.4. The number of anilines is 1. The van der Waals surface area contributed by atoms with Crippen LogP contribution in [0.2, 0.25) is 0 Å². The minimum atomic E-state index is -0.213. The molecular formula is C19H20N2O4. The third-order valence-electron chi connectivity index (χ3n) is 4.17. The summed E-state index contributed by atoms with van der Waals surface area (Å²) in [4.78, 5) is 36.9. The fraction of sp³-hybridized carbons (Fsp3) is 0.316. The quantitative estimate of drug-likeness (QED) is 0.819. The van der Waals surface area contributed by atoms with Gasteiger partial charge in [-0.15, -0.1) is 0 Å². The van der Waals surface area contributed by atoms with Gasteiger partial charge in [-0.1, -0.05) is 19.1 Å². The van der Waals surface area contributed by atoms with Crippen LogP contribution in [0.4, 0.5) is 5.69 Å². The molecule has 0 aliphatic carbocycles. The maximum Gasteiger partial charge on any atom is 0.259 e. The number of benzene rings is 1. The van der Waals surface area contributed by atoms with Gasteiger partial charge in [-0.05, 0) is 30.2 Å². The standard InChI is InChI=1S/C19H20N2O4/c1-2-3-16-15(10-11-25-16)19(24)20-14-6-4-13(5-7-14)12-21-17(22)8-9-18(21)23/h4-7,10-11H,2-3,8-9,12H2,1H3,(H,20,24). The van der Waals surface area contributed by atoms with E-state index in [-0.39, 0.29) is 37.1 Å². The molecule has 0 atom stereocenters. The van der Waals surface area contributed by atoms with Gasteiger partial charge in [-0.3, -0.25) is 19.3 Å². The lowest BCUT2D eigenvalue weighted by atomic mass is 10.1. The first-order valence-electron chi connectivity index (χ1n) is 8.38. The van der Waals surface area contributed by atoms with Crippen LogP contribution in [0, 0.1) is 0 Å². The lowest BCUT2D eigenvalue weighted by molar-refractivity contribution is -0.139. The van der Waals surface area contributed by atoms with Gasteiger partial charge < -0.3 is 9.73 Å². The van der Waals surface area contributed by atoms with Gasteiger partial charge >= 0.3 is 0 Å². The summed E-state index contributed by atoms with van der Waals surface area (Å²) in [5.74, 6) is 0.203. The predicted molar refractivity (Wildman–Crippen MR) is 91.9 cm³/mol. The van der Waals surface area contributed by atoms with Crippen molar-refractivity contribution in [1.82, 2.24) is 4.90 Å². The van der Waals surface area contributed by atoms with Crippen LogP contribution in [0.5, 0.6) is 0 Å². The number of rotatable bonds is 6. The first kappa shape index (κ1) is 17.0. The summed E-state index contributed by atoms with van der Waals surface area (Å²) in [5, 5.41) is 2.84. The van der Waals surface area contributed by atoms with E-state index in [1.807, 2.05) is 6.92 Å². The molecule has 1 aliphatic rings. The van der Waals surface area contributed by atoms with E-state index in [9.17, 15) is 14.4 Å². The summed E-state index contributed by atoms with van der Waals surface area (Å²) in [6.45, 7) is 2.30. The van der Waals surface area contributed by atoms with Gasteiger partial charge in [0.25, 0.3) is 5.91 Å². The summed E-state index contributed by atoms with van der Waals surface area (Å²) < 4.78 is 5.35. The lowest BCUT2D eigenvalue weighted by Crippen LogP contribution is -2.28. The van der Waals surface area contributed by atoms with Crippen molar-refractivity contribution in [1.29, 1.82) is 0 Å². The third-order valence-corrected chi connectivity index (χ3v) is 4.17. The molecule has 1 saturated heterocycles. The summed E-state index contributed by atoms with van der Waals surface area (Å²) in [6.07, 6.45) is 3.71. The molecule has 1 fully saturated rings. The molecule has 130 valence electrons. The van der Waals surface area contributed by atoms with Gasteiger partial charge in [0.1, 0.15) is 5.76 Å². The minimum Gasteiger partial charge on any atom is -0.469 e. The van der Waals surface area contributed by atoms with Crippen molar-refractivity contribution in [2.24, 2.45) is 0 Å². The van der Waals surface area contributed by atoms with E-state index in [4.69, 9.17) is 4.42 Å². The largest absolute Gasteiger partial charge is 0.469 e. The highest BCUT2D eigenvalue weighted by atomic mass is 16.3. The molecule has 25 heavy (non-hydrogen) atoms. The SMILES string of the molecule is CCCc1occc1C(=O)Nc1ccc(CN2C(=O)CCC2=O)cc1. The first-order chi connectivity index (χ1) is 12.1. The van der Waals surface area contributed by atoms with E-state index in [2.05, 4.69) is 5.32 Å². The van der Waals surface area contributed by atoms with Crippen LogP contribution >= 0.6 is 0 Å². The number of amides is 3. The third kappa shape index (κ3) is 3.79. The molecular weight excluding hydrogens is 320 g/mol. The fourth-order valence-electron chi connectivity index (χ4n) is 2.84. The Balaban J connectivity index is 1.64. The molecule has 1 aromatic heterocycles. The molecule has 6 nitrogen and oxygen atoms in total. The van der Waals surface area contributed by atoms with Crippen molar-refractivity contribution in [2.75, 3.05) is 5.32 Å². The average molecular weight is 340 g/mol. The van der Waals surface area contributed by atoms with Crippen LogP contribution in [-0.4, -0.2) is 22.6 Å². The van der Waals surface area contributed by atoms with Crippen LogP contribution in [-0.2, 0) is 22.6 Å². The second-order valence-corrected chi connectivity index (χ2v) is 6.03. The van der Waals surface area contributed by atoms with Crippen molar-refractivity contribution in [2.45, 2.75) is 39.2 Å². The predicted octanol–water partition coefficient (Wildman–Crippen LogP) is 3.13. The van der Waals surface area contributed by atoms with Crippen molar-refractivity contribution >= 4 is 23.4 Å². The molecule has 1 aromatic carbocycles. The number of imide groups is 1. The maximum absolute atomic E-state index is 12.4. The molecule has 1 aliphatic heterocycles. The van der Waals surface area contributed by atoms with Crippen molar-refractivity contribution in [3.63, 3.8) is 0 Å². The number of nitrogens with one attached hydrogen (secondary N) is 1. The Hall–Kier alpha value is -2.89. The summed E-state index contributed by atoms with van der Waals surface area (Å²) in [7, 11) is 0. The number of furan rings is 1. The van der Waals surface area contributed by atoms with Crippen LogP contribution in [0.15, 0.2) is 41.0 Å². The van der Waals surface area contributed by atoms with Crippen LogP contribution in [0.25, 0.3) is 0 Å². The summed E-state index contributed by atoms with van der Waals surface area (Å²) >= 11 is 0. The highest BCUT2D eigenvalue weighted by molar-refractivity contribution is 6.05. The molecule has 2 heterocycles. The molecule has 0 saturated carbocycles. The molecule has 3 rings (SSSR count). The van der Waals surface area contributed by atoms with Crippen molar-refractivity contribution < 1.29 is 18.8 Å². The molecule has 0 unspecified atom stereocenters. The van der Waals surface area contributed by atoms with Gasteiger partial charge in [-0.2, -0.15) is 0 Å². The van der Waals surface area contributed by atoms with Crippen LogP contribution in [0.1, 0.15) is 47.9 Å². The first-order valence-corrected chi connectivity index (χ1v) is 8.38. The normalized spacial score (nSPS) is 14.2. The number of aryl methyl sites for hydroxylation is 1. The van der Waals surface area contributed by atoms with Gasteiger partial charge in [0, 0.05) is 24.9 Å². The fourth-order valence-corrected chi connectivity index (χ4v) is 2.84. The van der Waals surface area contributed by atoms with E-state index >= 15 is 0 Å². The van der Waals surface area contributed by atoms with E-state index in [0.29, 0.717) is 23.4 Å². The zero-order chi connectivity index (χ0) is 17.8. The Morgan fingerprint density at radius 1 is 1.12 bits per heavy atom. The van der Waals surface area contributed by atoms with E-state index < -0.39 is 0 Å². The number of nitrogens with zero attached hydrogens (tertiary/aromatic N) is 1. The number of likely N-dealkylation sites (tertiary alicyclic amines) is 1. The number of carbonyl (C=O) groups excluding carboxylic acids is 3. The summed E-state index contributed by atoms with van der Waals surface area (Å²) in [5.41, 5.74) is 2.03.